The van der Waals surface area contributed by atoms with Gasteiger partial charge in [0.05, 0.1) is 0 Å². The van der Waals surface area contributed by atoms with Gasteiger partial charge in [0.25, 0.3) is 0 Å². The Morgan fingerprint density at radius 1 is 1.35 bits per heavy atom. The number of aryl methyl sites for hydroxylation is 1. The molecule has 0 bridgehead atoms. The number of benzene rings is 1. The van der Waals surface area contributed by atoms with Crippen LogP contribution in [0.4, 0.5) is 4.39 Å². The average molecular weight is 332 g/mol. The number of carboxylic acids is 1. The third-order valence-corrected chi connectivity index (χ3v) is 4.77. The first kappa shape index (κ1) is 15.3. The topological polar surface area (TPSA) is 80.9 Å². The Kier molecular flexibility index (Phi) is 3.91. The number of hydrogen-bond acceptors (Lipinski definition) is 5. The highest BCUT2D eigenvalue weighted by Gasteiger charge is 2.26. The van der Waals surface area contributed by atoms with E-state index in [1.165, 1.54) is 16.8 Å². The quantitative estimate of drug-likeness (QED) is 0.794. The molecule has 0 aliphatic rings. The van der Waals surface area contributed by atoms with Gasteiger partial charge in [0.1, 0.15) is 10.7 Å². The van der Waals surface area contributed by atoms with Crippen molar-refractivity contribution in [1.82, 2.24) is 20.2 Å². The second kappa shape index (κ2) is 5.88. The van der Waals surface area contributed by atoms with E-state index in [1.54, 1.807) is 19.2 Å². The van der Waals surface area contributed by atoms with Gasteiger partial charge in [0.15, 0.2) is 5.82 Å². The summed E-state index contributed by atoms with van der Waals surface area (Å²) in [6.07, 6.45) is 0.529. The average Bonchev–Trinajstić information content (AvgIpc) is 3.10. The lowest BCUT2D eigenvalue weighted by atomic mass is 10.0. The van der Waals surface area contributed by atoms with Crippen LogP contribution in [0.15, 0.2) is 24.3 Å². The highest BCUT2D eigenvalue weighted by Crippen LogP contribution is 2.42. The largest absolute Gasteiger partial charge is 0.477 e. The number of halogens is 1. The Balaban J connectivity index is 2.32. The summed E-state index contributed by atoms with van der Waals surface area (Å²) in [6, 6.07) is 5.94. The molecule has 0 spiro atoms. The van der Waals surface area contributed by atoms with Gasteiger partial charge in [-0.2, -0.15) is 0 Å². The fourth-order valence-electron chi connectivity index (χ4n) is 2.46. The number of carboxylic acid groups (broad SMARTS) is 1. The second-order valence-corrected chi connectivity index (χ2v) is 5.93. The molecule has 0 atom stereocenters. The van der Waals surface area contributed by atoms with Crippen LogP contribution in [0.1, 0.15) is 22.2 Å². The zero-order valence-corrected chi connectivity index (χ0v) is 13.3. The van der Waals surface area contributed by atoms with Crippen molar-refractivity contribution >= 4 is 17.3 Å². The number of aromatic nitrogens is 4. The minimum Gasteiger partial charge on any atom is -0.477 e. The maximum absolute atomic E-state index is 13.2. The van der Waals surface area contributed by atoms with Crippen molar-refractivity contribution in [3.63, 3.8) is 0 Å². The molecule has 0 radical (unpaired) electrons. The molecule has 0 amide bonds. The van der Waals surface area contributed by atoms with E-state index in [1.807, 2.05) is 6.92 Å². The lowest BCUT2D eigenvalue weighted by Crippen LogP contribution is -2.00. The van der Waals surface area contributed by atoms with Crippen molar-refractivity contribution in [2.24, 2.45) is 7.05 Å². The highest BCUT2D eigenvalue weighted by atomic mass is 32.1. The number of thiophene rings is 1. The first-order valence-electron chi connectivity index (χ1n) is 6.90. The molecule has 0 fully saturated rings. The van der Waals surface area contributed by atoms with Crippen molar-refractivity contribution in [1.29, 1.82) is 0 Å². The van der Waals surface area contributed by atoms with Crippen molar-refractivity contribution in [2.75, 3.05) is 0 Å². The molecule has 1 aromatic carbocycles. The lowest BCUT2D eigenvalue weighted by molar-refractivity contribution is 0.0701. The van der Waals surface area contributed by atoms with Gasteiger partial charge in [-0.3, -0.25) is 0 Å². The number of aromatic carboxylic acids is 1. The van der Waals surface area contributed by atoms with E-state index in [2.05, 4.69) is 15.5 Å². The second-order valence-electron chi connectivity index (χ2n) is 4.91. The first-order valence-corrected chi connectivity index (χ1v) is 7.72. The van der Waals surface area contributed by atoms with E-state index in [4.69, 9.17) is 0 Å². The van der Waals surface area contributed by atoms with Crippen LogP contribution in [0.5, 0.6) is 0 Å². The van der Waals surface area contributed by atoms with Gasteiger partial charge in [0.2, 0.25) is 0 Å². The van der Waals surface area contributed by atoms with Crippen molar-refractivity contribution < 1.29 is 14.3 Å². The van der Waals surface area contributed by atoms with Crippen LogP contribution in [-0.4, -0.2) is 31.3 Å². The molecular weight excluding hydrogens is 319 g/mol. The fourth-order valence-corrected chi connectivity index (χ4v) is 3.69. The molecule has 23 heavy (non-hydrogen) atoms. The molecule has 0 aliphatic heterocycles. The monoisotopic (exact) mass is 332 g/mol. The van der Waals surface area contributed by atoms with E-state index in [0.29, 0.717) is 23.4 Å². The predicted molar refractivity (Wildman–Crippen MR) is 83.8 cm³/mol. The highest BCUT2D eigenvalue weighted by molar-refractivity contribution is 7.18. The van der Waals surface area contributed by atoms with Crippen LogP contribution >= 0.6 is 11.3 Å². The molecule has 0 saturated heterocycles. The SMILES string of the molecule is CCc1c(C(=O)O)sc(-c2ccc(F)cc2)c1-c1nnnn1C. The minimum absolute atomic E-state index is 0.254. The third kappa shape index (κ3) is 2.61. The number of nitrogens with zero attached hydrogens (tertiary/aromatic N) is 4. The van der Waals surface area contributed by atoms with Crippen LogP contribution in [0.2, 0.25) is 0 Å². The smallest absolute Gasteiger partial charge is 0.346 e. The van der Waals surface area contributed by atoms with Crippen LogP contribution in [0.3, 0.4) is 0 Å². The summed E-state index contributed by atoms with van der Waals surface area (Å²) in [5.41, 5.74) is 2.10. The molecule has 2 heterocycles. The Hall–Kier alpha value is -2.61. The fraction of sp³-hybridized carbons (Fsp3) is 0.200. The summed E-state index contributed by atoms with van der Waals surface area (Å²) in [5.74, 6) is -0.845. The minimum atomic E-state index is -0.989. The van der Waals surface area contributed by atoms with E-state index < -0.39 is 5.97 Å². The summed E-state index contributed by atoms with van der Waals surface area (Å²) < 4.78 is 14.7. The molecule has 0 saturated carbocycles. The number of rotatable bonds is 4. The van der Waals surface area contributed by atoms with E-state index in [0.717, 1.165) is 21.8 Å². The summed E-state index contributed by atoms with van der Waals surface area (Å²) >= 11 is 1.15. The first-order chi connectivity index (χ1) is 11.0. The molecule has 6 nitrogen and oxygen atoms in total. The molecule has 0 unspecified atom stereocenters. The van der Waals surface area contributed by atoms with Crippen LogP contribution in [0, 0.1) is 5.82 Å². The van der Waals surface area contributed by atoms with E-state index >= 15 is 0 Å². The maximum atomic E-state index is 13.2. The van der Waals surface area contributed by atoms with Crippen LogP contribution < -0.4 is 0 Å². The van der Waals surface area contributed by atoms with Gasteiger partial charge >= 0.3 is 5.97 Å². The summed E-state index contributed by atoms with van der Waals surface area (Å²) in [4.78, 5) is 12.6. The van der Waals surface area contributed by atoms with Gasteiger partial charge in [-0.15, -0.1) is 16.4 Å². The zero-order valence-electron chi connectivity index (χ0n) is 12.4. The Bertz CT molecular complexity index is 870. The molecule has 2 aromatic heterocycles. The Morgan fingerprint density at radius 3 is 2.57 bits per heavy atom. The normalized spacial score (nSPS) is 10.9. The molecular formula is C15H13FN4O2S. The molecule has 1 N–H and O–H groups in total. The zero-order chi connectivity index (χ0) is 16.6. The van der Waals surface area contributed by atoms with Crippen LogP contribution in [0.25, 0.3) is 21.8 Å². The van der Waals surface area contributed by atoms with Crippen LogP contribution in [-0.2, 0) is 13.5 Å². The molecule has 8 heteroatoms. The van der Waals surface area contributed by atoms with Crippen molar-refractivity contribution in [2.45, 2.75) is 13.3 Å². The van der Waals surface area contributed by atoms with Crippen molar-refractivity contribution in [3.8, 4) is 21.8 Å². The number of tetrazole rings is 1. The van der Waals surface area contributed by atoms with E-state index in [-0.39, 0.29) is 10.7 Å². The van der Waals surface area contributed by atoms with Gasteiger partial charge in [0, 0.05) is 17.5 Å². The Labute approximate surface area is 135 Å². The van der Waals surface area contributed by atoms with Crippen molar-refractivity contribution in [3.05, 3.63) is 40.5 Å². The lowest BCUT2D eigenvalue weighted by Gasteiger charge is -2.05. The Morgan fingerprint density at radius 2 is 2.04 bits per heavy atom. The van der Waals surface area contributed by atoms with Gasteiger partial charge in [-0.25, -0.2) is 13.9 Å². The summed E-state index contributed by atoms with van der Waals surface area (Å²) in [6.45, 7) is 1.89. The van der Waals surface area contributed by atoms with Gasteiger partial charge in [-0.05, 0) is 40.1 Å². The molecule has 118 valence electrons. The number of carbonyl (C=O) groups is 1. The summed E-state index contributed by atoms with van der Waals surface area (Å²) in [7, 11) is 1.70. The number of hydrogen-bond donors (Lipinski definition) is 1. The van der Waals surface area contributed by atoms with Gasteiger partial charge < -0.3 is 5.11 Å². The summed E-state index contributed by atoms with van der Waals surface area (Å²) in [5, 5.41) is 21.0. The molecule has 3 rings (SSSR count). The van der Waals surface area contributed by atoms with E-state index in [9.17, 15) is 14.3 Å². The molecule has 3 aromatic rings. The van der Waals surface area contributed by atoms with Gasteiger partial charge in [-0.1, -0.05) is 19.1 Å². The molecule has 0 aliphatic carbocycles. The predicted octanol–water partition coefficient (Wildman–Crippen LogP) is 3.01. The third-order valence-electron chi connectivity index (χ3n) is 3.50. The standard InChI is InChI=1S/C15H13FN4O2S/c1-3-10-11(14-17-18-19-20(14)2)12(23-13(10)15(21)22)8-4-6-9(16)7-5-8/h4-7H,3H2,1-2H3,(H,21,22). The maximum Gasteiger partial charge on any atom is 0.346 e.